The molecule has 0 aliphatic carbocycles. The molecule has 0 bridgehead atoms. The zero-order chi connectivity index (χ0) is 23.1. The van der Waals surface area contributed by atoms with Crippen molar-refractivity contribution in [2.75, 3.05) is 23.7 Å². The molecule has 33 heavy (non-hydrogen) atoms. The lowest BCUT2D eigenvalue weighted by molar-refractivity contribution is 0.0936. The van der Waals surface area contributed by atoms with Crippen LogP contribution in [0.25, 0.3) is 16.8 Å². The number of rotatable bonds is 4. The van der Waals surface area contributed by atoms with E-state index in [1.165, 1.54) is 29.9 Å². The number of aryl methyl sites for hydroxylation is 1. The van der Waals surface area contributed by atoms with Crippen LogP contribution in [0.4, 0.5) is 15.9 Å². The Morgan fingerprint density at radius 1 is 1.33 bits per heavy atom. The molecule has 5 heterocycles. The van der Waals surface area contributed by atoms with E-state index in [1.807, 2.05) is 19.1 Å². The van der Waals surface area contributed by atoms with E-state index in [4.69, 9.17) is 5.73 Å². The summed E-state index contributed by atoms with van der Waals surface area (Å²) in [6, 6.07) is 6.96. The van der Waals surface area contributed by atoms with Crippen LogP contribution in [0, 0.1) is 12.9 Å². The first-order valence-corrected chi connectivity index (χ1v) is 12.1. The fourth-order valence-corrected chi connectivity index (χ4v) is 5.98. The van der Waals surface area contributed by atoms with E-state index in [-0.39, 0.29) is 11.9 Å². The average Bonchev–Trinajstić information content (AvgIpc) is 3.34. The van der Waals surface area contributed by atoms with Gasteiger partial charge in [0.1, 0.15) is 16.7 Å². The number of pyridine rings is 1. The van der Waals surface area contributed by atoms with Crippen molar-refractivity contribution >= 4 is 50.2 Å². The third-order valence-electron chi connectivity index (χ3n) is 5.70. The van der Waals surface area contributed by atoms with E-state index in [0.29, 0.717) is 34.0 Å². The second kappa shape index (κ2) is 8.71. The number of thiophene rings is 1. The minimum atomic E-state index is -0.568. The van der Waals surface area contributed by atoms with Crippen LogP contribution >= 0.6 is 27.3 Å². The smallest absolute Gasteiger partial charge is 0.262 e. The lowest BCUT2D eigenvalue weighted by atomic mass is 10.0. The van der Waals surface area contributed by atoms with Gasteiger partial charge < -0.3 is 16.0 Å². The molecule has 1 saturated heterocycles. The number of halogens is 2. The van der Waals surface area contributed by atoms with Gasteiger partial charge in [-0.15, -0.1) is 11.3 Å². The molecule has 1 atom stereocenters. The predicted molar refractivity (Wildman–Crippen MR) is 130 cm³/mol. The zero-order valence-corrected chi connectivity index (χ0v) is 20.2. The van der Waals surface area contributed by atoms with E-state index < -0.39 is 5.95 Å². The summed E-state index contributed by atoms with van der Waals surface area (Å²) in [7, 11) is 0. The summed E-state index contributed by atoms with van der Waals surface area (Å²) in [6.07, 6.45) is 4.59. The van der Waals surface area contributed by atoms with Crippen molar-refractivity contribution in [2.45, 2.75) is 25.8 Å². The van der Waals surface area contributed by atoms with E-state index in [2.05, 4.69) is 41.2 Å². The topological polar surface area (TPSA) is 101 Å². The van der Waals surface area contributed by atoms with Gasteiger partial charge in [0.05, 0.1) is 11.4 Å². The van der Waals surface area contributed by atoms with Gasteiger partial charge in [-0.3, -0.25) is 4.79 Å². The number of hydrogen-bond acceptors (Lipinski definition) is 7. The van der Waals surface area contributed by atoms with Crippen molar-refractivity contribution in [3.8, 4) is 11.3 Å². The van der Waals surface area contributed by atoms with Crippen LogP contribution < -0.4 is 16.0 Å². The number of fused-ring (bicyclic) bond motifs is 1. The van der Waals surface area contributed by atoms with Crippen LogP contribution in [0.5, 0.6) is 0 Å². The Morgan fingerprint density at radius 2 is 2.18 bits per heavy atom. The summed E-state index contributed by atoms with van der Waals surface area (Å²) in [5, 5.41) is 7.54. The number of nitrogens with two attached hydrogens (primary N) is 1. The van der Waals surface area contributed by atoms with Gasteiger partial charge in [-0.25, -0.2) is 14.5 Å². The van der Waals surface area contributed by atoms with Gasteiger partial charge in [0.25, 0.3) is 5.91 Å². The monoisotopic (exact) mass is 529 g/mol. The lowest BCUT2D eigenvalue weighted by Gasteiger charge is -2.34. The van der Waals surface area contributed by atoms with Gasteiger partial charge in [-0.05, 0) is 53.9 Å². The maximum Gasteiger partial charge on any atom is 0.262 e. The highest BCUT2D eigenvalue weighted by molar-refractivity contribution is 9.10. The van der Waals surface area contributed by atoms with Gasteiger partial charge in [0.15, 0.2) is 5.82 Å². The number of aromatic nitrogens is 4. The standard InChI is InChI=1S/C22H21BrFN7OS/c1-12-7-15(23)20(33-12)22(32)29-14-3-2-6-30(10-14)17-9-16(13-4-5-26-18(24)8-13)31-19(17)21(25)27-11-28-31/h4-5,7-9,11,14H,2-3,6,10H2,1H3,(H,29,32)(H2,25,27,28)/t14-/m1/s1. The van der Waals surface area contributed by atoms with Crippen molar-refractivity contribution < 1.29 is 9.18 Å². The summed E-state index contributed by atoms with van der Waals surface area (Å²) in [5.41, 5.74) is 9.09. The number of hydrogen-bond donors (Lipinski definition) is 2. The van der Waals surface area contributed by atoms with Gasteiger partial charge >= 0.3 is 0 Å². The minimum Gasteiger partial charge on any atom is -0.382 e. The van der Waals surface area contributed by atoms with Crippen LogP contribution in [0.3, 0.4) is 0 Å². The van der Waals surface area contributed by atoms with Crippen LogP contribution in [-0.2, 0) is 0 Å². The second-order valence-corrected chi connectivity index (χ2v) is 10.1. The van der Waals surface area contributed by atoms with Crippen LogP contribution in [-0.4, -0.2) is 44.6 Å². The highest BCUT2D eigenvalue weighted by Gasteiger charge is 2.27. The number of nitrogens with zero attached hydrogens (tertiary/aromatic N) is 5. The quantitative estimate of drug-likeness (QED) is 0.387. The number of carbonyl (C=O) groups excluding carboxylic acids is 1. The molecule has 4 aromatic rings. The first kappa shape index (κ1) is 21.8. The van der Waals surface area contributed by atoms with Gasteiger partial charge in [0, 0.05) is 46.3 Å². The van der Waals surface area contributed by atoms with Crippen LogP contribution in [0.15, 0.2) is 41.3 Å². The average molecular weight is 530 g/mol. The Balaban J connectivity index is 1.46. The zero-order valence-electron chi connectivity index (χ0n) is 17.8. The molecule has 1 aliphatic heterocycles. The molecule has 0 radical (unpaired) electrons. The third-order valence-corrected chi connectivity index (χ3v) is 7.64. The number of piperidine rings is 1. The van der Waals surface area contributed by atoms with Gasteiger partial charge in [0.2, 0.25) is 5.95 Å². The Bertz CT molecular complexity index is 1350. The van der Waals surface area contributed by atoms with Crippen molar-refractivity contribution in [2.24, 2.45) is 0 Å². The minimum absolute atomic E-state index is 0.0248. The fourth-order valence-electron chi connectivity index (χ4n) is 4.26. The molecule has 4 aromatic heterocycles. The van der Waals surface area contributed by atoms with Crippen molar-refractivity contribution in [1.82, 2.24) is 24.9 Å². The molecule has 11 heteroatoms. The Kier molecular flexibility index (Phi) is 5.75. The third kappa shape index (κ3) is 4.18. The molecule has 0 saturated carbocycles. The molecule has 8 nitrogen and oxygen atoms in total. The summed E-state index contributed by atoms with van der Waals surface area (Å²) in [6.45, 7) is 3.39. The molecular formula is C22H21BrFN7OS. The first-order valence-electron chi connectivity index (χ1n) is 10.5. The molecule has 0 unspecified atom stereocenters. The summed E-state index contributed by atoms with van der Waals surface area (Å²) in [4.78, 5) is 24.6. The maximum absolute atomic E-state index is 13.8. The predicted octanol–water partition coefficient (Wildman–Crippen LogP) is 4.04. The highest BCUT2D eigenvalue weighted by atomic mass is 79.9. The SMILES string of the molecule is Cc1cc(Br)c(C(=O)N[C@@H]2CCCN(c3cc(-c4ccnc(F)c4)n4ncnc(N)c34)C2)s1. The number of nitrogen functional groups attached to an aromatic ring is 1. The number of nitrogens with one attached hydrogen (secondary N) is 1. The largest absolute Gasteiger partial charge is 0.382 e. The molecule has 0 aromatic carbocycles. The molecule has 1 fully saturated rings. The van der Waals surface area contributed by atoms with Crippen LogP contribution in [0.2, 0.25) is 0 Å². The lowest BCUT2D eigenvalue weighted by Crippen LogP contribution is -2.47. The summed E-state index contributed by atoms with van der Waals surface area (Å²) < 4.78 is 16.3. The molecule has 3 N–H and O–H groups in total. The van der Waals surface area contributed by atoms with E-state index >= 15 is 0 Å². The highest BCUT2D eigenvalue weighted by Crippen LogP contribution is 2.35. The van der Waals surface area contributed by atoms with Crippen LogP contribution in [0.1, 0.15) is 27.4 Å². The first-order chi connectivity index (χ1) is 15.9. The van der Waals surface area contributed by atoms with Gasteiger partial charge in [-0.1, -0.05) is 0 Å². The molecule has 1 amide bonds. The van der Waals surface area contributed by atoms with E-state index in [9.17, 15) is 9.18 Å². The number of amides is 1. The Morgan fingerprint density at radius 3 is 2.94 bits per heavy atom. The van der Waals surface area contributed by atoms with E-state index in [1.54, 1.807) is 10.6 Å². The fraction of sp³-hybridized carbons (Fsp3) is 0.273. The van der Waals surface area contributed by atoms with Crippen molar-refractivity contribution in [3.05, 3.63) is 57.0 Å². The molecular weight excluding hydrogens is 509 g/mol. The molecule has 170 valence electrons. The number of carbonyl (C=O) groups is 1. The van der Waals surface area contributed by atoms with Gasteiger partial charge in [-0.2, -0.15) is 9.49 Å². The van der Waals surface area contributed by atoms with Crippen molar-refractivity contribution in [3.63, 3.8) is 0 Å². The summed E-state index contributed by atoms with van der Waals surface area (Å²) in [5.74, 6) is -0.309. The molecule has 5 rings (SSSR count). The second-order valence-electron chi connectivity index (χ2n) is 7.98. The maximum atomic E-state index is 13.8. The normalized spacial score (nSPS) is 16.3. The van der Waals surface area contributed by atoms with Crippen molar-refractivity contribution in [1.29, 1.82) is 0 Å². The molecule has 1 aliphatic rings. The Labute approximate surface area is 201 Å². The number of anilines is 2. The van der Waals surface area contributed by atoms with E-state index in [0.717, 1.165) is 34.4 Å². The Hall–Kier alpha value is -3.05. The summed E-state index contributed by atoms with van der Waals surface area (Å²) >= 11 is 4.94. The molecule has 0 spiro atoms.